The molecule has 0 radical (unpaired) electrons. The minimum Gasteiger partial charge on any atom is -0.493 e. The lowest BCUT2D eigenvalue weighted by Crippen LogP contribution is -2.41. The number of nitrogen functional groups attached to an aromatic ring is 1. The number of aromatic hydroxyl groups is 1. The zero-order chi connectivity index (χ0) is 24.4. The first-order chi connectivity index (χ1) is 16.7. The molecule has 2 aliphatic heterocycles. The van der Waals surface area contributed by atoms with Gasteiger partial charge in [-0.3, -0.25) is 9.58 Å². The average molecular weight is 486 g/mol. The molecular formula is C24H25F3N6O2. The second-order valence-electron chi connectivity index (χ2n) is 9.56. The third-order valence-electron chi connectivity index (χ3n) is 7.23. The Morgan fingerprint density at radius 2 is 2.03 bits per heavy atom. The van der Waals surface area contributed by atoms with E-state index < -0.39 is 23.2 Å². The number of rotatable bonds is 4. The second kappa shape index (κ2) is 7.92. The Balaban J connectivity index is 1.33. The summed E-state index contributed by atoms with van der Waals surface area (Å²) in [5, 5.41) is 14.5. The Labute approximate surface area is 199 Å². The summed E-state index contributed by atoms with van der Waals surface area (Å²) in [5.74, 6) is -0.0673. The molecule has 0 aromatic carbocycles. The van der Waals surface area contributed by atoms with Crippen LogP contribution in [0.25, 0.3) is 11.3 Å². The van der Waals surface area contributed by atoms with Gasteiger partial charge in [-0.1, -0.05) is 6.07 Å². The van der Waals surface area contributed by atoms with E-state index >= 15 is 0 Å². The monoisotopic (exact) mass is 486 g/mol. The van der Waals surface area contributed by atoms with E-state index in [2.05, 4.69) is 20.0 Å². The van der Waals surface area contributed by atoms with Crippen molar-refractivity contribution >= 4 is 5.82 Å². The van der Waals surface area contributed by atoms with Gasteiger partial charge in [-0.25, -0.2) is 9.97 Å². The lowest BCUT2D eigenvalue weighted by atomic mass is 9.96. The molecule has 5 heterocycles. The van der Waals surface area contributed by atoms with E-state index in [9.17, 15) is 18.3 Å². The Morgan fingerprint density at radius 1 is 1.20 bits per heavy atom. The number of alkyl halides is 3. The van der Waals surface area contributed by atoms with Crippen molar-refractivity contribution < 1.29 is 23.0 Å². The number of hydrogen-bond acceptors (Lipinski definition) is 7. The van der Waals surface area contributed by atoms with Crippen LogP contribution in [0.15, 0.2) is 36.5 Å². The van der Waals surface area contributed by atoms with Crippen LogP contribution in [0.4, 0.5) is 19.0 Å². The van der Waals surface area contributed by atoms with Gasteiger partial charge in [-0.05, 0) is 43.4 Å². The van der Waals surface area contributed by atoms with Crippen LogP contribution < -0.4 is 5.73 Å². The van der Waals surface area contributed by atoms with Crippen molar-refractivity contribution in [2.75, 3.05) is 25.4 Å². The van der Waals surface area contributed by atoms with E-state index in [1.807, 2.05) is 22.9 Å². The van der Waals surface area contributed by atoms with Crippen LogP contribution in [0.3, 0.4) is 0 Å². The maximum Gasteiger partial charge on any atom is 0.419 e. The Bertz CT molecular complexity index is 1270. The number of ether oxygens (including phenoxy) is 1. The first-order valence-corrected chi connectivity index (χ1v) is 11.7. The maximum absolute atomic E-state index is 13.4. The number of halogens is 3. The number of pyridine rings is 2. The van der Waals surface area contributed by atoms with Gasteiger partial charge >= 0.3 is 6.18 Å². The van der Waals surface area contributed by atoms with E-state index in [1.54, 1.807) is 6.07 Å². The molecule has 1 saturated carbocycles. The lowest BCUT2D eigenvalue weighted by molar-refractivity contribution is -0.137. The fraction of sp³-hybridized carbons (Fsp3) is 0.458. The molecule has 3 aromatic heterocycles. The molecule has 0 amide bonds. The molecule has 1 unspecified atom stereocenters. The molecule has 8 nitrogen and oxygen atoms in total. The van der Waals surface area contributed by atoms with Crippen molar-refractivity contribution in [1.29, 1.82) is 0 Å². The SMILES string of the molecule is Nc1ncc(-c2cc3n(n2)CCO[C@@]32CCN(C(c3cccc(O)n3)C3CC3)C2)cc1C(F)(F)F. The molecule has 0 bridgehead atoms. The average Bonchev–Trinajstić information content (AvgIpc) is 3.39. The number of fused-ring (bicyclic) bond motifs is 2. The van der Waals surface area contributed by atoms with Gasteiger partial charge in [0.05, 0.1) is 41.8 Å². The van der Waals surface area contributed by atoms with Crippen LogP contribution in [-0.2, 0) is 23.1 Å². The predicted octanol–water partition coefficient (Wildman–Crippen LogP) is 3.73. The smallest absolute Gasteiger partial charge is 0.419 e. The van der Waals surface area contributed by atoms with Crippen LogP contribution in [0, 0.1) is 5.92 Å². The summed E-state index contributed by atoms with van der Waals surface area (Å²) in [6, 6.07) is 8.23. The zero-order valence-electron chi connectivity index (χ0n) is 18.9. The predicted molar refractivity (Wildman–Crippen MR) is 120 cm³/mol. The number of aromatic nitrogens is 4. The highest BCUT2D eigenvalue weighted by Crippen LogP contribution is 2.49. The minimum absolute atomic E-state index is 0.00836. The van der Waals surface area contributed by atoms with Crippen LogP contribution in [0.5, 0.6) is 5.88 Å². The van der Waals surface area contributed by atoms with Gasteiger partial charge in [-0.2, -0.15) is 18.3 Å². The molecular weight excluding hydrogens is 461 g/mol. The zero-order valence-corrected chi connectivity index (χ0v) is 18.9. The summed E-state index contributed by atoms with van der Waals surface area (Å²) in [6.45, 7) is 2.38. The normalized spacial score (nSPS) is 23.5. The number of hydrogen-bond donors (Lipinski definition) is 2. The Hall–Kier alpha value is -3.18. The van der Waals surface area contributed by atoms with Gasteiger partial charge in [0.1, 0.15) is 11.4 Å². The minimum atomic E-state index is -4.60. The van der Waals surface area contributed by atoms with Crippen molar-refractivity contribution in [3.05, 3.63) is 53.5 Å². The van der Waals surface area contributed by atoms with Crippen LogP contribution >= 0.6 is 0 Å². The van der Waals surface area contributed by atoms with Crippen LogP contribution in [0.2, 0.25) is 0 Å². The summed E-state index contributed by atoms with van der Waals surface area (Å²) in [6.07, 6.45) is -0.321. The lowest BCUT2D eigenvalue weighted by Gasteiger charge is -2.35. The third-order valence-corrected chi connectivity index (χ3v) is 7.23. The Morgan fingerprint density at radius 3 is 2.77 bits per heavy atom. The molecule has 1 spiro atoms. The van der Waals surface area contributed by atoms with Crippen LogP contribution in [0.1, 0.15) is 42.3 Å². The molecule has 35 heavy (non-hydrogen) atoms. The highest BCUT2D eigenvalue weighted by molar-refractivity contribution is 5.63. The Kier molecular flexibility index (Phi) is 5.05. The highest BCUT2D eigenvalue weighted by atomic mass is 19.4. The quantitative estimate of drug-likeness (QED) is 0.579. The summed E-state index contributed by atoms with van der Waals surface area (Å²) in [4.78, 5) is 10.5. The van der Waals surface area contributed by atoms with Crippen molar-refractivity contribution in [3.8, 4) is 17.1 Å². The van der Waals surface area contributed by atoms with Crippen LogP contribution in [-0.4, -0.2) is 49.5 Å². The van der Waals surface area contributed by atoms with Crippen molar-refractivity contribution in [2.24, 2.45) is 5.92 Å². The molecule has 1 saturated heterocycles. The molecule has 2 fully saturated rings. The summed E-state index contributed by atoms with van der Waals surface area (Å²) in [7, 11) is 0. The highest BCUT2D eigenvalue weighted by Gasteiger charge is 2.50. The molecule has 3 aliphatic rings. The van der Waals surface area contributed by atoms with Gasteiger partial charge < -0.3 is 15.6 Å². The van der Waals surface area contributed by atoms with Gasteiger partial charge in [0.25, 0.3) is 0 Å². The number of anilines is 1. The largest absolute Gasteiger partial charge is 0.493 e. The van der Waals surface area contributed by atoms with E-state index in [0.29, 0.717) is 31.3 Å². The van der Waals surface area contributed by atoms with E-state index in [0.717, 1.165) is 43.3 Å². The van der Waals surface area contributed by atoms with E-state index in [4.69, 9.17) is 10.5 Å². The van der Waals surface area contributed by atoms with Gasteiger partial charge in [0, 0.05) is 30.9 Å². The topological polar surface area (TPSA) is 102 Å². The first kappa shape index (κ1) is 22.3. The van der Waals surface area contributed by atoms with Crippen molar-refractivity contribution in [3.63, 3.8) is 0 Å². The molecule has 11 heteroatoms. The number of nitrogens with two attached hydrogens (primary N) is 1. The molecule has 3 N–H and O–H groups in total. The first-order valence-electron chi connectivity index (χ1n) is 11.7. The number of likely N-dealkylation sites (tertiary alicyclic amines) is 1. The second-order valence-corrected chi connectivity index (χ2v) is 9.56. The third kappa shape index (κ3) is 3.92. The molecule has 6 rings (SSSR count). The van der Waals surface area contributed by atoms with Gasteiger partial charge in [-0.15, -0.1) is 0 Å². The number of nitrogens with zero attached hydrogens (tertiary/aromatic N) is 5. The van der Waals surface area contributed by atoms with Crippen molar-refractivity contribution in [2.45, 2.75) is 43.6 Å². The fourth-order valence-electron chi connectivity index (χ4n) is 5.46. The fourth-order valence-corrected chi connectivity index (χ4v) is 5.46. The molecule has 3 aromatic rings. The summed E-state index contributed by atoms with van der Waals surface area (Å²) in [5.41, 5.74) is 6.27. The summed E-state index contributed by atoms with van der Waals surface area (Å²) >= 11 is 0. The maximum atomic E-state index is 13.4. The summed E-state index contributed by atoms with van der Waals surface area (Å²) < 4.78 is 48.3. The van der Waals surface area contributed by atoms with E-state index in [-0.39, 0.29) is 17.5 Å². The molecule has 1 aliphatic carbocycles. The standard InChI is InChI=1S/C24H25F3N6O2/c25-24(26,27)16-10-15(12-29-22(16)28)18-11-19-23(35-9-8-33(19)31-18)6-7-32(13-23)21(14-4-5-14)17-2-1-3-20(34)30-17/h1-3,10-12,14,21H,4-9,13H2,(H2,28,29)(H,30,34)/t21?,23-/m1/s1. The molecule has 184 valence electrons. The van der Waals surface area contributed by atoms with E-state index in [1.165, 1.54) is 6.20 Å². The van der Waals surface area contributed by atoms with Gasteiger partial charge in [0.15, 0.2) is 0 Å². The van der Waals surface area contributed by atoms with Gasteiger partial charge in [0.2, 0.25) is 5.88 Å². The molecule has 2 atom stereocenters. The van der Waals surface area contributed by atoms with Crippen molar-refractivity contribution in [1.82, 2.24) is 24.6 Å².